The smallest absolute Gasteiger partial charge is 0.243 e. The first kappa shape index (κ1) is 28.1. The average molecular weight is 522 g/mol. The standard InChI is InChI=1S/C29H35N3O4S/c1-3-19-30-29(34)27(20-24-13-7-4-8-14-24)32(22-26-17-11-6-12-18-26)28(33)23-31(37(2,35)36)21-25-15-9-5-10-16-25/h4-18,27H,3,19-23H2,1-2H3,(H,30,34). The van der Waals surface area contributed by atoms with Gasteiger partial charge in [0.05, 0.1) is 12.8 Å². The Morgan fingerprint density at radius 1 is 0.784 bits per heavy atom. The molecule has 2 amide bonds. The zero-order valence-electron chi connectivity index (χ0n) is 21.4. The average Bonchev–Trinajstić information content (AvgIpc) is 2.90. The maximum absolute atomic E-state index is 13.8. The molecule has 1 atom stereocenters. The van der Waals surface area contributed by atoms with Gasteiger partial charge in [0.25, 0.3) is 0 Å². The highest BCUT2D eigenvalue weighted by atomic mass is 32.2. The topological polar surface area (TPSA) is 86.8 Å². The van der Waals surface area contributed by atoms with E-state index in [1.807, 2.05) is 97.9 Å². The first-order chi connectivity index (χ1) is 17.8. The number of sulfonamides is 1. The molecule has 1 N–H and O–H groups in total. The molecule has 1 unspecified atom stereocenters. The number of nitrogens with one attached hydrogen (secondary N) is 1. The summed E-state index contributed by atoms with van der Waals surface area (Å²) in [4.78, 5) is 28.7. The third kappa shape index (κ3) is 8.84. The highest BCUT2D eigenvalue weighted by Crippen LogP contribution is 2.17. The number of benzene rings is 3. The Labute approximate surface area is 220 Å². The van der Waals surface area contributed by atoms with Crippen LogP contribution >= 0.6 is 0 Å². The fourth-order valence-corrected chi connectivity index (χ4v) is 4.75. The van der Waals surface area contributed by atoms with Gasteiger partial charge in [0.15, 0.2) is 0 Å². The first-order valence-corrected chi connectivity index (χ1v) is 14.3. The summed E-state index contributed by atoms with van der Waals surface area (Å²) in [5.74, 6) is -0.693. The Morgan fingerprint density at radius 3 is 1.76 bits per heavy atom. The van der Waals surface area contributed by atoms with E-state index in [1.54, 1.807) is 0 Å². The van der Waals surface area contributed by atoms with Crippen molar-refractivity contribution in [2.75, 3.05) is 19.3 Å². The van der Waals surface area contributed by atoms with E-state index >= 15 is 0 Å². The summed E-state index contributed by atoms with van der Waals surface area (Å²) >= 11 is 0. The molecule has 8 heteroatoms. The highest BCUT2D eigenvalue weighted by molar-refractivity contribution is 7.88. The van der Waals surface area contributed by atoms with Crippen molar-refractivity contribution in [2.24, 2.45) is 0 Å². The van der Waals surface area contributed by atoms with Crippen LogP contribution in [-0.2, 0) is 39.1 Å². The Bertz CT molecular complexity index is 1240. The Balaban J connectivity index is 1.95. The van der Waals surface area contributed by atoms with Crippen molar-refractivity contribution in [3.8, 4) is 0 Å². The fraction of sp³-hybridized carbons (Fsp3) is 0.310. The van der Waals surface area contributed by atoms with Crippen molar-refractivity contribution in [2.45, 2.75) is 38.9 Å². The van der Waals surface area contributed by atoms with Crippen LogP contribution in [0, 0.1) is 0 Å². The van der Waals surface area contributed by atoms with Gasteiger partial charge in [0, 0.05) is 26.1 Å². The molecular formula is C29H35N3O4S. The van der Waals surface area contributed by atoms with E-state index in [0.717, 1.165) is 33.7 Å². The fourth-order valence-electron chi connectivity index (χ4n) is 4.02. The number of amides is 2. The van der Waals surface area contributed by atoms with Gasteiger partial charge in [0.1, 0.15) is 6.04 Å². The third-order valence-corrected chi connectivity index (χ3v) is 7.19. The molecule has 0 aliphatic carbocycles. The van der Waals surface area contributed by atoms with Gasteiger partial charge in [-0.05, 0) is 23.1 Å². The van der Waals surface area contributed by atoms with Crippen molar-refractivity contribution in [1.29, 1.82) is 0 Å². The molecule has 0 saturated heterocycles. The molecule has 0 spiro atoms. The second-order valence-electron chi connectivity index (χ2n) is 9.02. The van der Waals surface area contributed by atoms with E-state index in [0.29, 0.717) is 13.0 Å². The lowest BCUT2D eigenvalue weighted by Gasteiger charge is -2.33. The largest absolute Gasteiger partial charge is 0.354 e. The second kappa shape index (κ2) is 13.7. The van der Waals surface area contributed by atoms with Crippen molar-refractivity contribution in [1.82, 2.24) is 14.5 Å². The van der Waals surface area contributed by atoms with Gasteiger partial charge in [-0.1, -0.05) is 97.9 Å². The van der Waals surface area contributed by atoms with Crippen LogP contribution in [0.15, 0.2) is 91.0 Å². The number of carbonyl (C=O) groups excluding carboxylic acids is 2. The molecule has 0 fully saturated rings. The van der Waals surface area contributed by atoms with E-state index < -0.39 is 22.0 Å². The number of rotatable bonds is 13. The molecule has 196 valence electrons. The van der Waals surface area contributed by atoms with Crippen molar-refractivity contribution < 1.29 is 18.0 Å². The van der Waals surface area contributed by atoms with E-state index in [9.17, 15) is 18.0 Å². The minimum Gasteiger partial charge on any atom is -0.354 e. The number of hydrogen-bond donors (Lipinski definition) is 1. The number of carbonyl (C=O) groups is 2. The van der Waals surface area contributed by atoms with Crippen molar-refractivity contribution >= 4 is 21.8 Å². The Hall–Kier alpha value is -3.49. The van der Waals surface area contributed by atoms with Gasteiger partial charge >= 0.3 is 0 Å². The molecule has 0 radical (unpaired) electrons. The monoisotopic (exact) mass is 521 g/mol. The summed E-state index contributed by atoms with van der Waals surface area (Å²) in [7, 11) is -3.70. The van der Waals surface area contributed by atoms with Crippen LogP contribution in [0.5, 0.6) is 0 Å². The molecule has 0 aromatic heterocycles. The predicted octanol–water partition coefficient (Wildman–Crippen LogP) is 3.61. The van der Waals surface area contributed by atoms with Crippen LogP contribution in [0.4, 0.5) is 0 Å². The zero-order valence-corrected chi connectivity index (χ0v) is 22.2. The summed E-state index contributed by atoms with van der Waals surface area (Å²) in [6.45, 7) is 2.33. The lowest BCUT2D eigenvalue weighted by Crippen LogP contribution is -2.53. The van der Waals surface area contributed by atoms with Gasteiger partial charge in [-0.25, -0.2) is 8.42 Å². The molecule has 0 saturated carbocycles. The van der Waals surface area contributed by atoms with Crippen LogP contribution in [-0.4, -0.2) is 54.8 Å². The first-order valence-electron chi connectivity index (χ1n) is 12.4. The molecule has 7 nitrogen and oxygen atoms in total. The van der Waals surface area contributed by atoms with Crippen LogP contribution in [0.3, 0.4) is 0 Å². The Morgan fingerprint density at radius 2 is 1.27 bits per heavy atom. The van der Waals surface area contributed by atoms with Gasteiger partial charge in [-0.3, -0.25) is 9.59 Å². The Kier molecular flexibility index (Phi) is 10.4. The summed E-state index contributed by atoms with van der Waals surface area (Å²) in [5, 5.41) is 2.93. The molecule has 0 bridgehead atoms. The van der Waals surface area contributed by atoms with Gasteiger partial charge < -0.3 is 10.2 Å². The molecule has 0 aliphatic rings. The number of nitrogens with zero attached hydrogens (tertiary/aromatic N) is 2. The van der Waals surface area contributed by atoms with Crippen LogP contribution < -0.4 is 5.32 Å². The molecule has 3 aromatic carbocycles. The van der Waals surface area contributed by atoms with E-state index in [1.165, 1.54) is 4.90 Å². The summed E-state index contributed by atoms with van der Waals surface area (Å²) in [6.07, 6.45) is 2.17. The molecule has 0 aliphatic heterocycles. The maximum atomic E-state index is 13.8. The summed E-state index contributed by atoms with van der Waals surface area (Å²) in [5.41, 5.74) is 2.54. The zero-order chi connectivity index (χ0) is 26.7. The van der Waals surface area contributed by atoms with E-state index in [-0.39, 0.29) is 25.5 Å². The maximum Gasteiger partial charge on any atom is 0.243 e. The van der Waals surface area contributed by atoms with Gasteiger partial charge in [-0.15, -0.1) is 0 Å². The SMILES string of the molecule is CCCNC(=O)C(Cc1ccccc1)N(Cc1ccccc1)C(=O)CN(Cc1ccccc1)S(C)(=O)=O. The molecule has 3 rings (SSSR count). The van der Waals surface area contributed by atoms with Gasteiger partial charge in [0.2, 0.25) is 21.8 Å². The minimum absolute atomic E-state index is 0.0654. The normalized spacial score (nSPS) is 12.2. The summed E-state index contributed by atoms with van der Waals surface area (Å²) in [6, 6.07) is 27.3. The minimum atomic E-state index is -3.70. The summed E-state index contributed by atoms with van der Waals surface area (Å²) < 4.78 is 26.5. The molecule has 37 heavy (non-hydrogen) atoms. The quantitative estimate of drug-likeness (QED) is 0.372. The van der Waals surface area contributed by atoms with E-state index in [4.69, 9.17) is 0 Å². The lowest BCUT2D eigenvalue weighted by molar-refractivity contribution is -0.141. The van der Waals surface area contributed by atoms with E-state index in [2.05, 4.69) is 5.32 Å². The van der Waals surface area contributed by atoms with Crippen LogP contribution in [0.1, 0.15) is 30.0 Å². The molecule has 0 heterocycles. The predicted molar refractivity (Wildman–Crippen MR) is 146 cm³/mol. The number of hydrogen-bond acceptors (Lipinski definition) is 4. The highest BCUT2D eigenvalue weighted by Gasteiger charge is 2.32. The lowest BCUT2D eigenvalue weighted by atomic mass is 10.0. The molecular weight excluding hydrogens is 486 g/mol. The molecule has 3 aromatic rings. The van der Waals surface area contributed by atoms with Crippen molar-refractivity contribution in [3.05, 3.63) is 108 Å². The van der Waals surface area contributed by atoms with Crippen LogP contribution in [0.25, 0.3) is 0 Å². The van der Waals surface area contributed by atoms with Gasteiger partial charge in [-0.2, -0.15) is 4.31 Å². The second-order valence-corrected chi connectivity index (χ2v) is 11.0. The van der Waals surface area contributed by atoms with Crippen LogP contribution in [0.2, 0.25) is 0 Å². The third-order valence-electron chi connectivity index (χ3n) is 6.00. The van der Waals surface area contributed by atoms with Crippen molar-refractivity contribution in [3.63, 3.8) is 0 Å².